The fraction of sp³-hybridized carbons (Fsp3) is 0.714. The lowest BCUT2D eigenvalue weighted by Crippen LogP contribution is -1.80. The van der Waals surface area contributed by atoms with Crippen molar-refractivity contribution in [3.05, 3.63) is 24.3 Å². The van der Waals surface area contributed by atoms with Gasteiger partial charge in [-0.25, -0.2) is 0 Å². The first-order valence-corrected chi connectivity index (χ1v) is 6.07. The van der Waals surface area contributed by atoms with Crippen molar-refractivity contribution in [2.45, 2.75) is 65.2 Å². The Morgan fingerprint density at radius 2 is 1.86 bits per heavy atom. The molecular weight excluding hydrogens is 168 g/mol. The van der Waals surface area contributed by atoms with Crippen LogP contribution in [0.3, 0.4) is 0 Å². The molecule has 0 heterocycles. The summed E-state index contributed by atoms with van der Waals surface area (Å²) in [7, 11) is 0. The summed E-state index contributed by atoms with van der Waals surface area (Å²) in [6.07, 6.45) is 14.8. The zero-order valence-corrected chi connectivity index (χ0v) is 10.0. The molecule has 0 aromatic rings. The van der Waals surface area contributed by atoms with Gasteiger partial charge >= 0.3 is 0 Å². The van der Waals surface area contributed by atoms with E-state index < -0.39 is 0 Å². The van der Waals surface area contributed by atoms with Crippen LogP contribution in [0.15, 0.2) is 24.3 Å². The lowest BCUT2D eigenvalue weighted by atomic mass is 10.1. The van der Waals surface area contributed by atoms with Crippen LogP contribution in [-0.4, -0.2) is 0 Å². The third-order valence-corrected chi connectivity index (χ3v) is 2.53. The van der Waals surface area contributed by atoms with E-state index >= 15 is 0 Å². The smallest absolute Gasteiger partial charge is 0.0323 e. The molecule has 0 heteroatoms. The Morgan fingerprint density at radius 1 is 1.07 bits per heavy atom. The molecule has 0 atom stereocenters. The highest BCUT2D eigenvalue weighted by Gasteiger charge is 1.91. The second-order valence-corrected chi connectivity index (χ2v) is 4.08. The molecule has 0 bridgehead atoms. The van der Waals surface area contributed by atoms with E-state index in [0.717, 1.165) is 6.42 Å². The van der Waals surface area contributed by atoms with Gasteiger partial charge in [-0.05, 0) is 39.0 Å². The van der Waals surface area contributed by atoms with E-state index in [0.29, 0.717) is 0 Å². The monoisotopic (exact) mass is 194 g/mol. The Hall–Kier alpha value is -0.520. The minimum absolute atomic E-state index is 1.15. The van der Waals surface area contributed by atoms with Gasteiger partial charge in [0.2, 0.25) is 0 Å². The van der Waals surface area contributed by atoms with E-state index in [9.17, 15) is 0 Å². The minimum atomic E-state index is 1.15. The summed E-state index contributed by atoms with van der Waals surface area (Å²) in [6.45, 7) is 8.25. The minimum Gasteiger partial charge on any atom is -0.103 e. The van der Waals surface area contributed by atoms with Crippen molar-refractivity contribution in [1.29, 1.82) is 0 Å². The van der Waals surface area contributed by atoms with Gasteiger partial charge in [0.1, 0.15) is 0 Å². The molecule has 0 saturated carbocycles. The van der Waals surface area contributed by atoms with Gasteiger partial charge in [0.05, 0.1) is 0 Å². The van der Waals surface area contributed by atoms with Gasteiger partial charge in [-0.2, -0.15) is 0 Å². The van der Waals surface area contributed by atoms with Crippen molar-refractivity contribution in [2.75, 3.05) is 0 Å². The topological polar surface area (TPSA) is 0 Å². The highest BCUT2D eigenvalue weighted by Crippen LogP contribution is 2.11. The Morgan fingerprint density at radius 3 is 2.50 bits per heavy atom. The van der Waals surface area contributed by atoms with Gasteiger partial charge in [0.25, 0.3) is 0 Å². The first kappa shape index (κ1) is 13.5. The zero-order valence-electron chi connectivity index (χ0n) is 10.0. The average molecular weight is 194 g/mol. The number of allylic oxidation sites excluding steroid dienone is 3. The van der Waals surface area contributed by atoms with Gasteiger partial charge in [-0.15, -0.1) is 6.58 Å². The summed E-state index contributed by atoms with van der Waals surface area (Å²) in [4.78, 5) is 0. The summed E-state index contributed by atoms with van der Waals surface area (Å²) < 4.78 is 0. The van der Waals surface area contributed by atoms with Crippen LogP contribution >= 0.6 is 0 Å². The molecule has 0 spiro atoms. The van der Waals surface area contributed by atoms with Crippen LogP contribution < -0.4 is 0 Å². The first-order chi connectivity index (χ1) is 6.81. The molecule has 0 saturated heterocycles. The maximum Gasteiger partial charge on any atom is -0.0323 e. The Kier molecular flexibility index (Phi) is 10.2. The summed E-state index contributed by atoms with van der Waals surface area (Å²) in [5.74, 6) is 0. The van der Waals surface area contributed by atoms with E-state index in [4.69, 9.17) is 0 Å². The van der Waals surface area contributed by atoms with E-state index in [1.54, 1.807) is 5.57 Å². The summed E-state index contributed by atoms with van der Waals surface area (Å²) in [5.41, 5.74) is 1.57. The predicted octanol–water partition coefficient (Wildman–Crippen LogP) is 5.26. The molecule has 14 heavy (non-hydrogen) atoms. The molecule has 0 fully saturated rings. The highest BCUT2D eigenvalue weighted by molar-refractivity contribution is 4.97. The van der Waals surface area contributed by atoms with Crippen LogP contribution in [0.4, 0.5) is 0 Å². The average Bonchev–Trinajstić information content (AvgIpc) is 2.19. The van der Waals surface area contributed by atoms with Crippen LogP contribution in [-0.2, 0) is 0 Å². The van der Waals surface area contributed by atoms with E-state index in [1.165, 1.54) is 44.9 Å². The first-order valence-electron chi connectivity index (χ1n) is 6.07. The van der Waals surface area contributed by atoms with Crippen LogP contribution in [0, 0.1) is 0 Å². The summed E-state index contributed by atoms with van der Waals surface area (Å²) in [6, 6.07) is 0. The van der Waals surface area contributed by atoms with Gasteiger partial charge in [-0.3, -0.25) is 0 Å². The number of hydrogen-bond acceptors (Lipinski definition) is 0. The van der Waals surface area contributed by atoms with Gasteiger partial charge in [0, 0.05) is 0 Å². The molecule has 0 aromatic carbocycles. The third-order valence-electron chi connectivity index (χ3n) is 2.53. The lowest BCUT2D eigenvalue weighted by Gasteiger charge is -2.00. The number of unbranched alkanes of at least 4 members (excludes halogenated alkanes) is 5. The van der Waals surface area contributed by atoms with Crippen LogP contribution in [0.1, 0.15) is 65.2 Å². The van der Waals surface area contributed by atoms with Gasteiger partial charge in [0.15, 0.2) is 0 Å². The van der Waals surface area contributed by atoms with Crippen LogP contribution in [0.25, 0.3) is 0 Å². The molecule has 0 radical (unpaired) electrons. The molecule has 0 aliphatic heterocycles. The largest absolute Gasteiger partial charge is 0.103 e. The molecule has 0 aliphatic carbocycles. The van der Waals surface area contributed by atoms with Crippen LogP contribution in [0.2, 0.25) is 0 Å². The molecule has 0 aromatic heterocycles. The number of hydrogen-bond donors (Lipinski definition) is 0. The number of rotatable bonds is 9. The maximum absolute atomic E-state index is 3.73. The Balaban J connectivity index is 3.32. The molecule has 0 aliphatic rings. The second-order valence-electron chi connectivity index (χ2n) is 4.08. The van der Waals surface area contributed by atoms with E-state index in [2.05, 4.69) is 26.5 Å². The molecule has 0 unspecified atom stereocenters. The molecular formula is C14H26. The summed E-state index contributed by atoms with van der Waals surface area (Å²) >= 11 is 0. The van der Waals surface area contributed by atoms with Crippen molar-refractivity contribution in [3.8, 4) is 0 Å². The lowest BCUT2D eigenvalue weighted by molar-refractivity contribution is 0.662. The Labute approximate surface area is 90.1 Å². The van der Waals surface area contributed by atoms with Crippen molar-refractivity contribution in [2.24, 2.45) is 0 Å². The molecule has 0 amide bonds. The van der Waals surface area contributed by atoms with Gasteiger partial charge in [-0.1, -0.05) is 43.9 Å². The Bertz CT molecular complexity index is 153. The van der Waals surface area contributed by atoms with Crippen molar-refractivity contribution < 1.29 is 0 Å². The maximum atomic E-state index is 3.73. The van der Waals surface area contributed by atoms with Gasteiger partial charge < -0.3 is 0 Å². The van der Waals surface area contributed by atoms with Crippen molar-refractivity contribution in [3.63, 3.8) is 0 Å². The zero-order chi connectivity index (χ0) is 10.6. The predicted molar refractivity (Wildman–Crippen MR) is 66.6 cm³/mol. The molecule has 0 N–H and O–H groups in total. The standard InChI is InChI=1S/C14H26/c1-4-6-8-10-12-14(3)13-11-9-7-5-2/h4,12H,1,5-11,13H2,2-3H3. The third kappa shape index (κ3) is 9.57. The molecule has 0 nitrogen and oxygen atoms in total. The normalized spacial score (nSPS) is 11.7. The summed E-state index contributed by atoms with van der Waals surface area (Å²) in [5, 5.41) is 0. The van der Waals surface area contributed by atoms with Crippen molar-refractivity contribution >= 4 is 0 Å². The SMILES string of the molecule is C=CCCCC=C(C)CCCCCC. The van der Waals surface area contributed by atoms with Crippen LogP contribution in [0.5, 0.6) is 0 Å². The fourth-order valence-corrected chi connectivity index (χ4v) is 1.54. The van der Waals surface area contributed by atoms with Crippen molar-refractivity contribution in [1.82, 2.24) is 0 Å². The second kappa shape index (κ2) is 10.6. The molecule has 0 rings (SSSR count). The van der Waals surface area contributed by atoms with E-state index in [-0.39, 0.29) is 0 Å². The van der Waals surface area contributed by atoms with E-state index in [1.807, 2.05) is 6.08 Å². The molecule has 82 valence electrons. The highest BCUT2D eigenvalue weighted by atomic mass is 14.0. The quantitative estimate of drug-likeness (QED) is 0.347. The fourth-order valence-electron chi connectivity index (χ4n) is 1.54.